The molecule has 2 heterocycles. The summed E-state index contributed by atoms with van der Waals surface area (Å²) in [6.45, 7) is 2.91. The van der Waals surface area contributed by atoms with Gasteiger partial charge in [-0.3, -0.25) is 9.69 Å². The summed E-state index contributed by atoms with van der Waals surface area (Å²) in [4.78, 5) is 25.3. The van der Waals surface area contributed by atoms with Gasteiger partial charge in [-0.2, -0.15) is 13.2 Å². The average Bonchev–Trinajstić information content (AvgIpc) is 2.60. The molecule has 30 heavy (non-hydrogen) atoms. The fourth-order valence-electron chi connectivity index (χ4n) is 3.82. The van der Waals surface area contributed by atoms with Crippen LogP contribution in [0.2, 0.25) is 0 Å². The number of rotatable bonds is 3. The van der Waals surface area contributed by atoms with Gasteiger partial charge in [-0.25, -0.2) is 13.6 Å². The smallest absolute Gasteiger partial charge is 0.475 e. The first-order valence-corrected chi connectivity index (χ1v) is 9.13. The highest BCUT2D eigenvalue weighted by Gasteiger charge is 2.51. The number of ether oxygens (including phenoxy) is 1. The van der Waals surface area contributed by atoms with Crippen molar-refractivity contribution in [2.45, 2.75) is 24.6 Å². The lowest BCUT2D eigenvalue weighted by Crippen LogP contribution is -2.72. The van der Waals surface area contributed by atoms with Crippen molar-refractivity contribution < 1.29 is 41.4 Å². The molecule has 0 bridgehead atoms. The number of nitrogens with zero attached hydrogens (tertiary/aromatic N) is 2. The Hall–Kier alpha value is -2.27. The number of hydrogen-bond donors (Lipinski definition) is 1. The van der Waals surface area contributed by atoms with Gasteiger partial charge in [-0.15, -0.1) is 0 Å². The second kappa shape index (κ2) is 9.25. The summed E-state index contributed by atoms with van der Waals surface area (Å²) < 4.78 is 63.6. The molecule has 0 aliphatic carbocycles. The number of carboxylic acids is 1. The van der Waals surface area contributed by atoms with E-state index in [1.807, 2.05) is 0 Å². The van der Waals surface area contributed by atoms with Gasteiger partial charge in [0.15, 0.2) is 0 Å². The number of carbonyl (C=O) groups excluding carboxylic acids is 1. The van der Waals surface area contributed by atoms with Gasteiger partial charge in [-0.1, -0.05) is 0 Å². The Morgan fingerprint density at radius 1 is 1.20 bits per heavy atom. The normalized spacial score (nSPS) is 20.9. The quantitative estimate of drug-likeness (QED) is 0.736. The Labute approximate surface area is 170 Å². The van der Waals surface area contributed by atoms with Crippen molar-refractivity contribution in [1.29, 1.82) is 0 Å². The number of halogens is 5. The Kier molecular flexibility index (Phi) is 7.40. The van der Waals surface area contributed by atoms with E-state index in [2.05, 4.69) is 11.9 Å². The molecule has 0 saturated carbocycles. The third kappa shape index (κ3) is 5.66. The molecule has 1 aromatic carbocycles. The molecule has 1 aromatic rings. The van der Waals surface area contributed by atoms with Crippen LogP contribution in [0.3, 0.4) is 0 Å². The fraction of sp³-hybridized carbons (Fsp3) is 0.579. The number of piperidine rings is 1. The van der Waals surface area contributed by atoms with E-state index in [9.17, 15) is 26.7 Å². The minimum atomic E-state index is -5.08. The van der Waals surface area contributed by atoms with Crippen molar-refractivity contribution in [2.24, 2.45) is 5.92 Å². The van der Waals surface area contributed by atoms with Crippen LogP contribution in [0.1, 0.15) is 23.2 Å². The van der Waals surface area contributed by atoms with Crippen molar-refractivity contribution in [3.8, 4) is 0 Å². The summed E-state index contributed by atoms with van der Waals surface area (Å²) in [5.41, 5.74) is 0.0486. The first-order chi connectivity index (χ1) is 13.9. The van der Waals surface area contributed by atoms with Crippen LogP contribution >= 0.6 is 0 Å². The molecule has 1 spiro atoms. The summed E-state index contributed by atoms with van der Waals surface area (Å²) >= 11 is 0. The number of likely N-dealkylation sites (N-methyl/N-ethyl adjacent to an activating group) is 1. The molecule has 11 heteroatoms. The lowest BCUT2D eigenvalue weighted by molar-refractivity contribution is -0.192. The topological polar surface area (TPSA) is 70.1 Å². The lowest BCUT2D eigenvalue weighted by Gasteiger charge is -2.58. The lowest BCUT2D eigenvalue weighted by atomic mass is 9.75. The maximum Gasteiger partial charge on any atom is 0.490 e. The number of methoxy groups -OCH3 is 1. The molecular weight excluding hydrogens is 415 g/mol. The third-order valence-electron chi connectivity index (χ3n) is 5.36. The van der Waals surface area contributed by atoms with Gasteiger partial charge >= 0.3 is 12.1 Å². The van der Waals surface area contributed by atoms with E-state index < -0.39 is 23.8 Å². The Morgan fingerprint density at radius 3 is 2.20 bits per heavy atom. The van der Waals surface area contributed by atoms with Gasteiger partial charge in [-0.05, 0) is 44.5 Å². The van der Waals surface area contributed by atoms with Crippen LogP contribution in [0.15, 0.2) is 18.2 Å². The summed E-state index contributed by atoms with van der Waals surface area (Å²) in [5, 5.41) is 7.12. The van der Waals surface area contributed by atoms with Gasteiger partial charge in [0.05, 0.1) is 5.54 Å². The van der Waals surface area contributed by atoms with Crippen molar-refractivity contribution in [3.63, 3.8) is 0 Å². The fourth-order valence-corrected chi connectivity index (χ4v) is 3.82. The molecule has 1 atom stereocenters. The van der Waals surface area contributed by atoms with Gasteiger partial charge in [0.2, 0.25) is 0 Å². The van der Waals surface area contributed by atoms with Gasteiger partial charge in [0, 0.05) is 38.4 Å². The van der Waals surface area contributed by atoms with Gasteiger partial charge in [0.1, 0.15) is 11.6 Å². The number of aliphatic carboxylic acids is 1. The van der Waals surface area contributed by atoms with Crippen LogP contribution in [-0.2, 0) is 9.53 Å². The molecule has 0 aromatic heterocycles. The minimum absolute atomic E-state index is 0.0248. The minimum Gasteiger partial charge on any atom is -0.475 e. The van der Waals surface area contributed by atoms with Crippen LogP contribution < -0.4 is 0 Å². The largest absolute Gasteiger partial charge is 0.490 e. The first-order valence-electron chi connectivity index (χ1n) is 9.13. The highest BCUT2D eigenvalue weighted by molar-refractivity contribution is 5.95. The van der Waals surface area contributed by atoms with Crippen LogP contribution in [0.4, 0.5) is 22.0 Å². The predicted molar refractivity (Wildman–Crippen MR) is 95.9 cm³/mol. The van der Waals surface area contributed by atoms with E-state index in [1.165, 1.54) is 0 Å². The number of carboxylic acid groups (broad SMARTS) is 1. The highest BCUT2D eigenvalue weighted by atomic mass is 19.4. The molecule has 1 unspecified atom stereocenters. The molecule has 2 aliphatic rings. The molecule has 3 rings (SSSR count). The number of carbonyl (C=O) groups is 2. The zero-order valence-electron chi connectivity index (χ0n) is 16.5. The molecule has 1 amide bonds. The SMILES string of the molecule is COCC1CCN(C)C2(C1)CN(C(=O)c1cc(F)cc(F)c1)C2.O=C(O)C(F)(F)F. The monoisotopic (exact) mass is 438 g/mol. The Morgan fingerprint density at radius 2 is 1.73 bits per heavy atom. The van der Waals surface area contributed by atoms with Crippen molar-refractivity contribution in [1.82, 2.24) is 9.80 Å². The number of hydrogen-bond acceptors (Lipinski definition) is 4. The summed E-state index contributed by atoms with van der Waals surface area (Å²) in [6.07, 6.45) is -3.01. The van der Waals surface area contributed by atoms with Crippen LogP contribution in [0.25, 0.3) is 0 Å². The van der Waals surface area contributed by atoms with Crippen LogP contribution in [-0.4, -0.2) is 78.9 Å². The van der Waals surface area contributed by atoms with E-state index >= 15 is 0 Å². The molecule has 1 N–H and O–H groups in total. The standard InChI is InChI=1S/C17H22F2N2O2.C2HF3O2/c1-20-4-3-12(9-23-2)8-17(20)10-21(11-17)16(22)13-5-14(18)7-15(19)6-13;3-2(4,5)1(6)7/h5-7,12H,3-4,8-11H2,1-2H3;(H,6,7). The van der Waals surface area contributed by atoms with Crippen molar-refractivity contribution in [2.75, 3.05) is 40.4 Å². The zero-order chi connectivity index (χ0) is 22.7. The van der Waals surface area contributed by atoms with E-state index in [1.54, 1.807) is 12.0 Å². The van der Waals surface area contributed by atoms with E-state index in [0.717, 1.165) is 44.2 Å². The highest BCUT2D eigenvalue weighted by Crippen LogP contribution is 2.38. The molecule has 2 saturated heterocycles. The molecule has 0 radical (unpaired) electrons. The molecule has 168 valence electrons. The van der Waals surface area contributed by atoms with Crippen molar-refractivity contribution in [3.05, 3.63) is 35.4 Å². The number of benzene rings is 1. The van der Waals surface area contributed by atoms with E-state index in [-0.39, 0.29) is 17.0 Å². The zero-order valence-corrected chi connectivity index (χ0v) is 16.5. The Balaban J connectivity index is 0.000000396. The van der Waals surface area contributed by atoms with Crippen molar-refractivity contribution >= 4 is 11.9 Å². The summed E-state index contributed by atoms with van der Waals surface area (Å²) in [7, 11) is 3.78. The third-order valence-corrected chi connectivity index (χ3v) is 5.36. The Bertz CT molecular complexity index is 760. The van der Waals surface area contributed by atoms with E-state index in [0.29, 0.717) is 19.0 Å². The second-order valence-electron chi connectivity index (χ2n) is 7.58. The molecule has 6 nitrogen and oxygen atoms in total. The second-order valence-corrected chi connectivity index (χ2v) is 7.58. The summed E-state index contributed by atoms with van der Waals surface area (Å²) in [5.74, 6) is -4.01. The van der Waals surface area contributed by atoms with Gasteiger partial charge in [0.25, 0.3) is 5.91 Å². The average molecular weight is 438 g/mol. The van der Waals surface area contributed by atoms with Crippen LogP contribution in [0.5, 0.6) is 0 Å². The van der Waals surface area contributed by atoms with Gasteiger partial charge < -0.3 is 14.7 Å². The maximum atomic E-state index is 13.3. The molecule has 2 fully saturated rings. The van der Waals surface area contributed by atoms with E-state index in [4.69, 9.17) is 14.6 Å². The number of amides is 1. The number of likely N-dealkylation sites (tertiary alicyclic amines) is 2. The molecular formula is C19H23F5N2O4. The number of alkyl halides is 3. The summed E-state index contributed by atoms with van der Waals surface area (Å²) in [6, 6.07) is 2.96. The maximum absolute atomic E-state index is 13.3. The molecule has 2 aliphatic heterocycles. The first kappa shape index (κ1) is 24.0. The van der Waals surface area contributed by atoms with Crippen LogP contribution in [0, 0.1) is 17.6 Å². The predicted octanol–water partition coefficient (Wildman–Crippen LogP) is 2.78.